The molecule has 0 aromatic rings. The van der Waals surface area contributed by atoms with Crippen molar-refractivity contribution >= 4 is 18.0 Å². The lowest BCUT2D eigenvalue weighted by atomic mass is 10.0. The average molecular weight is 439 g/mol. The van der Waals surface area contributed by atoms with Gasteiger partial charge in [-0.05, 0) is 25.7 Å². The number of carbonyl (C=O) groups is 3. The normalized spacial score (nSPS) is 15.7. The Morgan fingerprint density at radius 3 is 1.77 bits per heavy atom. The van der Waals surface area contributed by atoms with Crippen molar-refractivity contribution in [2.45, 2.75) is 135 Å². The Labute approximate surface area is 189 Å². The van der Waals surface area contributed by atoms with Gasteiger partial charge in [0, 0.05) is 13.0 Å². The third kappa shape index (κ3) is 15.8. The maximum absolute atomic E-state index is 11.8. The molecule has 0 aromatic carbocycles. The van der Waals surface area contributed by atoms with Crippen molar-refractivity contribution in [2.75, 3.05) is 6.54 Å². The van der Waals surface area contributed by atoms with Gasteiger partial charge in [0.15, 0.2) is 0 Å². The Hall–Kier alpha value is -1.59. The largest absolute Gasteiger partial charge is 0.415 e. The van der Waals surface area contributed by atoms with E-state index in [0.29, 0.717) is 19.4 Å². The SMILES string of the molecule is CCCCCCCCCCCCCCCCCC(=O)NCCCC[C@@H]1NC(=O)OC1=O. The van der Waals surface area contributed by atoms with Gasteiger partial charge in [0.1, 0.15) is 6.04 Å². The number of rotatable bonds is 21. The first-order chi connectivity index (χ1) is 15.1. The minimum atomic E-state index is -0.660. The summed E-state index contributed by atoms with van der Waals surface area (Å²) in [5, 5.41) is 5.41. The van der Waals surface area contributed by atoms with E-state index in [4.69, 9.17) is 0 Å². The molecule has 0 spiro atoms. The van der Waals surface area contributed by atoms with Crippen LogP contribution in [0.1, 0.15) is 129 Å². The predicted octanol–water partition coefficient (Wildman–Crippen LogP) is 6.17. The van der Waals surface area contributed by atoms with Gasteiger partial charge in [0.25, 0.3) is 0 Å². The molecule has 180 valence electrons. The molecule has 1 aliphatic heterocycles. The zero-order valence-electron chi connectivity index (χ0n) is 19.9. The van der Waals surface area contributed by atoms with Crippen LogP contribution in [0.5, 0.6) is 0 Å². The Balaban J connectivity index is 1.76. The molecule has 0 saturated carbocycles. The molecule has 0 unspecified atom stereocenters. The number of amides is 2. The minimum absolute atomic E-state index is 0.114. The van der Waals surface area contributed by atoms with Crippen LogP contribution in [0.3, 0.4) is 0 Å². The van der Waals surface area contributed by atoms with E-state index >= 15 is 0 Å². The third-order valence-electron chi connectivity index (χ3n) is 6.02. The van der Waals surface area contributed by atoms with Gasteiger partial charge in [-0.1, -0.05) is 96.8 Å². The fourth-order valence-electron chi connectivity index (χ4n) is 4.03. The van der Waals surface area contributed by atoms with Gasteiger partial charge in [-0.25, -0.2) is 9.59 Å². The lowest BCUT2D eigenvalue weighted by Crippen LogP contribution is -2.29. The topological polar surface area (TPSA) is 84.5 Å². The zero-order chi connectivity index (χ0) is 22.6. The number of esters is 1. The molecule has 1 atom stereocenters. The van der Waals surface area contributed by atoms with Crippen molar-refractivity contribution in [3.05, 3.63) is 0 Å². The van der Waals surface area contributed by atoms with Crippen LogP contribution in [0.4, 0.5) is 4.79 Å². The van der Waals surface area contributed by atoms with E-state index in [-0.39, 0.29) is 5.91 Å². The second-order valence-corrected chi connectivity index (χ2v) is 8.95. The van der Waals surface area contributed by atoms with Crippen molar-refractivity contribution in [1.82, 2.24) is 10.6 Å². The van der Waals surface area contributed by atoms with Crippen molar-refractivity contribution < 1.29 is 19.1 Å². The van der Waals surface area contributed by atoms with E-state index in [2.05, 4.69) is 22.3 Å². The number of unbranched alkanes of at least 4 members (excludes halogenated alkanes) is 15. The summed E-state index contributed by atoms with van der Waals surface area (Å²) in [5.74, 6) is -0.384. The van der Waals surface area contributed by atoms with E-state index < -0.39 is 18.1 Å². The molecule has 0 aromatic heterocycles. The summed E-state index contributed by atoms with van der Waals surface area (Å²) in [6.45, 7) is 2.89. The second kappa shape index (κ2) is 19.1. The molecule has 1 aliphatic rings. The molecular weight excluding hydrogens is 392 g/mol. The number of nitrogens with one attached hydrogen (secondary N) is 2. The van der Waals surface area contributed by atoms with Crippen LogP contribution in [-0.2, 0) is 14.3 Å². The molecule has 31 heavy (non-hydrogen) atoms. The van der Waals surface area contributed by atoms with Crippen molar-refractivity contribution in [2.24, 2.45) is 0 Å². The summed E-state index contributed by atoms with van der Waals surface area (Å²) >= 11 is 0. The first kappa shape index (κ1) is 27.4. The van der Waals surface area contributed by atoms with Gasteiger partial charge < -0.3 is 15.4 Å². The molecule has 0 radical (unpaired) electrons. The van der Waals surface area contributed by atoms with Crippen molar-refractivity contribution in [3.63, 3.8) is 0 Å². The van der Waals surface area contributed by atoms with Gasteiger partial charge in [0.05, 0.1) is 0 Å². The van der Waals surface area contributed by atoms with E-state index in [1.54, 1.807) is 0 Å². The van der Waals surface area contributed by atoms with E-state index in [9.17, 15) is 14.4 Å². The van der Waals surface area contributed by atoms with Gasteiger partial charge >= 0.3 is 12.1 Å². The summed E-state index contributed by atoms with van der Waals surface area (Å²) < 4.78 is 4.43. The Morgan fingerprint density at radius 1 is 0.774 bits per heavy atom. The highest BCUT2D eigenvalue weighted by atomic mass is 16.6. The number of hydrogen-bond donors (Lipinski definition) is 2. The van der Waals surface area contributed by atoms with Crippen LogP contribution in [0.15, 0.2) is 0 Å². The number of ether oxygens (including phenoxy) is 1. The summed E-state index contributed by atoms with van der Waals surface area (Å²) in [5.41, 5.74) is 0. The van der Waals surface area contributed by atoms with Gasteiger partial charge in [-0.3, -0.25) is 4.79 Å². The van der Waals surface area contributed by atoms with Gasteiger partial charge in [-0.15, -0.1) is 0 Å². The molecule has 1 fully saturated rings. The average Bonchev–Trinajstić information content (AvgIpc) is 3.07. The molecule has 2 amide bonds. The highest BCUT2D eigenvalue weighted by Crippen LogP contribution is 2.14. The Morgan fingerprint density at radius 2 is 1.29 bits per heavy atom. The lowest BCUT2D eigenvalue weighted by molar-refractivity contribution is -0.135. The van der Waals surface area contributed by atoms with E-state index in [1.165, 1.54) is 83.5 Å². The Bertz CT molecular complexity index is 496. The highest BCUT2D eigenvalue weighted by Gasteiger charge is 2.31. The summed E-state index contributed by atoms with van der Waals surface area (Å²) in [6, 6.07) is -0.525. The highest BCUT2D eigenvalue weighted by molar-refractivity contribution is 5.95. The van der Waals surface area contributed by atoms with E-state index in [1.807, 2.05) is 0 Å². The van der Waals surface area contributed by atoms with Crippen LogP contribution >= 0.6 is 0 Å². The van der Waals surface area contributed by atoms with Gasteiger partial charge in [-0.2, -0.15) is 0 Å². The summed E-state index contributed by atoms with van der Waals surface area (Å²) in [4.78, 5) is 34.1. The first-order valence-corrected chi connectivity index (χ1v) is 12.9. The molecule has 1 heterocycles. The molecule has 0 bridgehead atoms. The maximum Gasteiger partial charge on any atom is 0.415 e. The predicted molar refractivity (Wildman–Crippen MR) is 125 cm³/mol. The molecule has 0 aliphatic carbocycles. The quantitative estimate of drug-likeness (QED) is 0.127. The molecule has 6 heteroatoms. The second-order valence-electron chi connectivity index (χ2n) is 8.95. The van der Waals surface area contributed by atoms with Crippen LogP contribution in [0.25, 0.3) is 0 Å². The standard InChI is InChI=1S/C25H46N2O4/c1-2-3-4-5-6-7-8-9-10-11-12-13-14-15-16-20-23(28)26-21-18-17-19-22-24(29)31-25(30)27-22/h22H,2-21H2,1H3,(H,26,28)(H,27,30)/t22-/m0/s1. The molecular formula is C25H46N2O4. The van der Waals surface area contributed by atoms with Crippen molar-refractivity contribution in [3.8, 4) is 0 Å². The van der Waals surface area contributed by atoms with Crippen LogP contribution in [-0.4, -0.2) is 30.6 Å². The maximum atomic E-state index is 11.8. The monoisotopic (exact) mass is 438 g/mol. The minimum Gasteiger partial charge on any atom is -0.375 e. The molecule has 6 nitrogen and oxygen atoms in total. The van der Waals surface area contributed by atoms with Crippen LogP contribution in [0.2, 0.25) is 0 Å². The zero-order valence-corrected chi connectivity index (χ0v) is 19.9. The molecule has 1 rings (SSSR count). The fourth-order valence-corrected chi connectivity index (χ4v) is 4.03. The van der Waals surface area contributed by atoms with Crippen LogP contribution in [0, 0.1) is 0 Å². The Kier molecular flexibility index (Phi) is 16.9. The summed E-state index contributed by atoms with van der Waals surface area (Å²) in [7, 11) is 0. The van der Waals surface area contributed by atoms with Crippen LogP contribution < -0.4 is 10.6 Å². The number of carbonyl (C=O) groups excluding carboxylic acids is 3. The van der Waals surface area contributed by atoms with E-state index in [0.717, 1.165) is 25.7 Å². The fraction of sp³-hybridized carbons (Fsp3) is 0.880. The number of cyclic esters (lactones) is 2. The molecule has 2 N–H and O–H groups in total. The third-order valence-corrected chi connectivity index (χ3v) is 6.02. The number of alkyl carbamates (subject to hydrolysis) is 1. The molecule has 1 saturated heterocycles. The smallest absolute Gasteiger partial charge is 0.375 e. The van der Waals surface area contributed by atoms with Crippen molar-refractivity contribution in [1.29, 1.82) is 0 Å². The first-order valence-electron chi connectivity index (χ1n) is 12.9. The number of hydrogen-bond acceptors (Lipinski definition) is 4. The summed E-state index contributed by atoms with van der Waals surface area (Å²) in [6.07, 6.45) is 22.0. The lowest BCUT2D eigenvalue weighted by Gasteiger charge is -2.07. The van der Waals surface area contributed by atoms with Gasteiger partial charge in [0.2, 0.25) is 5.91 Å².